The largest absolute Gasteiger partial charge is 0.457 e. The number of aromatic nitrogens is 5. The summed E-state index contributed by atoms with van der Waals surface area (Å²) in [6.07, 6.45) is 3.63. The van der Waals surface area contributed by atoms with Gasteiger partial charge in [0.05, 0.1) is 22.1 Å². The summed E-state index contributed by atoms with van der Waals surface area (Å²) in [4.78, 5) is 14.4. The van der Waals surface area contributed by atoms with E-state index in [0.29, 0.717) is 5.75 Å². The van der Waals surface area contributed by atoms with Crippen LogP contribution in [0.4, 0.5) is 0 Å². The first-order chi connectivity index (χ1) is 23.3. The van der Waals surface area contributed by atoms with Crippen LogP contribution in [0.3, 0.4) is 0 Å². The molecule has 0 unspecified atom stereocenters. The zero-order chi connectivity index (χ0) is 31.2. The van der Waals surface area contributed by atoms with Crippen LogP contribution in [0, 0.1) is 0 Å². The van der Waals surface area contributed by atoms with Gasteiger partial charge in [-0.05, 0) is 65.7 Å². The monoisotopic (exact) mass is 605 g/mol. The number of nitrogens with zero attached hydrogens (tertiary/aromatic N) is 5. The topological polar surface area (TPSA) is 57.8 Å². The molecule has 0 atom stereocenters. The summed E-state index contributed by atoms with van der Waals surface area (Å²) in [5.41, 5.74) is 7.23. The first kappa shape index (κ1) is 26.8. The number of rotatable bonds is 6. The highest BCUT2D eigenvalue weighted by Crippen LogP contribution is 2.36. The molecule has 4 aromatic heterocycles. The number of benzene rings is 5. The van der Waals surface area contributed by atoms with Crippen molar-refractivity contribution in [2.45, 2.75) is 0 Å². The van der Waals surface area contributed by atoms with E-state index >= 15 is 0 Å². The normalized spacial score (nSPS) is 11.4. The molecule has 4 heterocycles. The molecule has 0 aliphatic rings. The summed E-state index contributed by atoms with van der Waals surface area (Å²) in [5.74, 6) is 3.91. The van der Waals surface area contributed by atoms with Crippen LogP contribution in [-0.4, -0.2) is 24.1 Å². The van der Waals surface area contributed by atoms with Gasteiger partial charge in [-0.2, -0.15) is 0 Å². The van der Waals surface area contributed by atoms with Gasteiger partial charge in [0.1, 0.15) is 29.0 Å². The quantitative estimate of drug-likeness (QED) is 0.189. The summed E-state index contributed by atoms with van der Waals surface area (Å²) in [6, 6.07) is 51.5. The Bertz CT molecular complexity index is 2520. The smallest absolute Gasteiger partial charge is 0.146 e. The Morgan fingerprint density at radius 3 is 1.77 bits per heavy atom. The summed E-state index contributed by atoms with van der Waals surface area (Å²) in [5, 5.41) is 2.31. The third kappa shape index (κ3) is 4.71. The maximum absolute atomic E-state index is 6.56. The van der Waals surface area contributed by atoms with Gasteiger partial charge in [0, 0.05) is 40.9 Å². The Labute approximate surface area is 270 Å². The molecule has 47 heavy (non-hydrogen) atoms. The number of ether oxygens (including phenoxy) is 1. The average molecular weight is 606 g/mol. The highest BCUT2D eigenvalue weighted by Gasteiger charge is 2.18. The molecule has 9 rings (SSSR count). The fourth-order valence-corrected chi connectivity index (χ4v) is 6.36. The first-order valence-corrected chi connectivity index (χ1v) is 15.5. The Kier molecular flexibility index (Phi) is 6.35. The van der Waals surface area contributed by atoms with Gasteiger partial charge < -0.3 is 4.74 Å². The van der Waals surface area contributed by atoms with Crippen LogP contribution in [0.25, 0.3) is 67.0 Å². The summed E-state index contributed by atoms with van der Waals surface area (Å²) in [7, 11) is 0. The fraction of sp³-hybridized carbons (Fsp3) is 0. The van der Waals surface area contributed by atoms with Crippen molar-refractivity contribution in [2.75, 3.05) is 0 Å². The SMILES string of the molecule is c1ccc(-c2ccc(-c3nc4ccc(Oc5ccc6c7ccccc7n(-c7ccccn7)c6c5)cc4n3-c3ccccn3)cc2)cc1. The highest BCUT2D eigenvalue weighted by molar-refractivity contribution is 6.09. The second kappa shape index (κ2) is 11.1. The third-order valence-electron chi connectivity index (χ3n) is 8.51. The Morgan fingerprint density at radius 1 is 0.426 bits per heavy atom. The molecule has 0 saturated carbocycles. The predicted octanol–water partition coefficient (Wildman–Crippen LogP) is 10.0. The van der Waals surface area contributed by atoms with Crippen molar-refractivity contribution in [3.8, 4) is 45.6 Å². The zero-order valence-electron chi connectivity index (χ0n) is 25.2. The Hall–Kier alpha value is -6.53. The standard InChI is InChI=1S/C41H27N5O/c1-2-10-28(11-3-1)29-16-18-30(19-17-29)41-44-35-23-21-32(27-38(35)46(41)40-15-7-9-25-43-40)47-31-20-22-34-33-12-4-5-13-36(33)45(37(34)26-31)39-14-6-8-24-42-39/h1-27H. The van der Waals surface area contributed by atoms with E-state index in [4.69, 9.17) is 14.7 Å². The van der Waals surface area contributed by atoms with Crippen LogP contribution < -0.4 is 4.74 Å². The van der Waals surface area contributed by atoms with Crippen LogP contribution in [0.1, 0.15) is 0 Å². The lowest BCUT2D eigenvalue weighted by molar-refractivity contribution is 0.484. The molecule has 6 heteroatoms. The van der Waals surface area contributed by atoms with E-state index in [9.17, 15) is 0 Å². The van der Waals surface area contributed by atoms with Crippen LogP contribution >= 0.6 is 0 Å². The minimum Gasteiger partial charge on any atom is -0.457 e. The van der Waals surface area contributed by atoms with E-state index in [1.54, 1.807) is 6.20 Å². The first-order valence-electron chi connectivity index (χ1n) is 15.5. The van der Waals surface area contributed by atoms with Crippen molar-refractivity contribution in [3.63, 3.8) is 0 Å². The van der Waals surface area contributed by atoms with E-state index in [1.165, 1.54) is 10.9 Å². The molecule has 6 nitrogen and oxygen atoms in total. The van der Waals surface area contributed by atoms with Gasteiger partial charge in [0.25, 0.3) is 0 Å². The van der Waals surface area contributed by atoms with E-state index in [2.05, 4.69) is 99.0 Å². The van der Waals surface area contributed by atoms with Gasteiger partial charge in [-0.15, -0.1) is 0 Å². The Balaban J connectivity index is 1.14. The maximum Gasteiger partial charge on any atom is 0.146 e. The van der Waals surface area contributed by atoms with Crippen LogP contribution in [-0.2, 0) is 0 Å². The number of imidazole rings is 1. The van der Waals surface area contributed by atoms with Crippen molar-refractivity contribution in [3.05, 3.63) is 164 Å². The van der Waals surface area contributed by atoms with E-state index in [1.807, 2.05) is 72.9 Å². The Morgan fingerprint density at radius 2 is 1.02 bits per heavy atom. The maximum atomic E-state index is 6.56. The van der Waals surface area contributed by atoms with Crippen LogP contribution in [0.5, 0.6) is 11.5 Å². The predicted molar refractivity (Wildman–Crippen MR) is 188 cm³/mol. The van der Waals surface area contributed by atoms with E-state index in [-0.39, 0.29) is 0 Å². The van der Waals surface area contributed by atoms with Crippen LogP contribution in [0.2, 0.25) is 0 Å². The number of para-hydroxylation sites is 1. The molecule has 9 aromatic rings. The number of hydrogen-bond acceptors (Lipinski definition) is 4. The molecule has 0 N–H and O–H groups in total. The van der Waals surface area contributed by atoms with E-state index in [0.717, 1.165) is 61.8 Å². The van der Waals surface area contributed by atoms with E-state index < -0.39 is 0 Å². The lowest BCUT2D eigenvalue weighted by atomic mass is 10.0. The van der Waals surface area contributed by atoms with Gasteiger partial charge in [0.2, 0.25) is 0 Å². The molecule has 0 radical (unpaired) electrons. The summed E-state index contributed by atoms with van der Waals surface area (Å²) < 4.78 is 10.8. The molecule has 0 aliphatic carbocycles. The molecule has 0 aliphatic heterocycles. The molecule has 222 valence electrons. The van der Waals surface area contributed by atoms with Gasteiger partial charge in [0.15, 0.2) is 0 Å². The number of pyridine rings is 2. The van der Waals surface area contributed by atoms with Crippen molar-refractivity contribution < 1.29 is 4.74 Å². The summed E-state index contributed by atoms with van der Waals surface area (Å²) >= 11 is 0. The molecule has 5 aromatic carbocycles. The minimum absolute atomic E-state index is 0.709. The van der Waals surface area contributed by atoms with Gasteiger partial charge in [-0.1, -0.05) is 84.9 Å². The molecule has 0 spiro atoms. The van der Waals surface area contributed by atoms with Gasteiger partial charge in [-0.3, -0.25) is 9.13 Å². The third-order valence-corrected chi connectivity index (χ3v) is 8.51. The highest BCUT2D eigenvalue weighted by atomic mass is 16.5. The van der Waals surface area contributed by atoms with Crippen molar-refractivity contribution in [1.82, 2.24) is 24.1 Å². The number of fused-ring (bicyclic) bond motifs is 4. The molecule has 0 saturated heterocycles. The van der Waals surface area contributed by atoms with Crippen molar-refractivity contribution in [2.24, 2.45) is 0 Å². The second-order valence-electron chi connectivity index (χ2n) is 11.4. The average Bonchev–Trinajstić information content (AvgIpc) is 3.68. The lowest BCUT2D eigenvalue weighted by Gasteiger charge is -2.11. The fourth-order valence-electron chi connectivity index (χ4n) is 6.36. The zero-order valence-corrected chi connectivity index (χ0v) is 25.2. The molecular formula is C41H27N5O. The summed E-state index contributed by atoms with van der Waals surface area (Å²) in [6.45, 7) is 0. The lowest BCUT2D eigenvalue weighted by Crippen LogP contribution is -2.00. The molecule has 0 bridgehead atoms. The van der Waals surface area contributed by atoms with Gasteiger partial charge >= 0.3 is 0 Å². The molecule has 0 amide bonds. The molecular weight excluding hydrogens is 578 g/mol. The number of hydrogen-bond donors (Lipinski definition) is 0. The molecule has 0 fully saturated rings. The van der Waals surface area contributed by atoms with Crippen molar-refractivity contribution >= 4 is 32.8 Å². The van der Waals surface area contributed by atoms with Crippen LogP contribution in [0.15, 0.2) is 164 Å². The minimum atomic E-state index is 0.709. The van der Waals surface area contributed by atoms with Gasteiger partial charge in [-0.25, -0.2) is 15.0 Å². The second-order valence-corrected chi connectivity index (χ2v) is 11.4. The van der Waals surface area contributed by atoms with Crippen molar-refractivity contribution in [1.29, 1.82) is 0 Å².